The molecule has 0 aromatic rings. The average molecular weight is 212 g/mol. The molecule has 3 heteroatoms. The number of unbranched alkanes of at least 4 members (excludes halogenated alkanes) is 4. The van der Waals surface area contributed by atoms with Crippen LogP contribution >= 0.6 is 0 Å². The number of carbonyl (C=O) groups is 1. The Bertz CT molecular complexity index is 182. The first-order valence-electron chi connectivity index (χ1n) is 6.35. The van der Waals surface area contributed by atoms with E-state index in [1.165, 1.54) is 32.1 Å². The lowest BCUT2D eigenvalue weighted by molar-refractivity contribution is -0.124. The predicted octanol–water partition coefficient (Wildman–Crippen LogP) is 1.82. The summed E-state index contributed by atoms with van der Waals surface area (Å²) in [7, 11) is 0. The van der Waals surface area contributed by atoms with Crippen LogP contribution in [0.25, 0.3) is 0 Å². The van der Waals surface area contributed by atoms with E-state index < -0.39 is 0 Å². The topological polar surface area (TPSA) is 41.1 Å². The second-order valence-corrected chi connectivity index (χ2v) is 4.35. The van der Waals surface area contributed by atoms with Crippen LogP contribution in [0.4, 0.5) is 0 Å². The molecule has 1 saturated heterocycles. The van der Waals surface area contributed by atoms with Crippen molar-refractivity contribution in [3.8, 4) is 0 Å². The maximum Gasteiger partial charge on any atom is 0.237 e. The fourth-order valence-electron chi connectivity index (χ4n) is 1.97. The molecule has 1 fully saturated rings. The van der Waals surface area contributed by atoms with E-state index in [0.717, 1.165) is 25.9 Å². The van der Waals surface area contributed by atoms with E-state index in [1.807, 2.05) is 0 Å². The van der Waals surface area contributed by atoms with E-state index in [4.69, 9.17) is 0 Å². The van der Waals surface area contributed by atoms with Gasteiger partial charge in [0.15, 0.2) is 0 Å². The molecule has 0 radical (unpaired) electrons. The highest BCUT2D eigenvalue weighted by Gasteiger charge is 2.20. The molecule has 88 valence electrons. The molecular formula is C12H24N2O. The highest BCUT2D eigenvalue weighted by Crippen LogP contribution is 2.04. The van der Waals surface area contributed by atoms with Gasteiger partial charge in [-0.05, 0) is 25.8 Å². The third kappa shape index (κ3) is 5.17. The van der Waals surface area contributed by atoms with E-state index in [9.17, 15) is 4.79 Å². The molecule has 0 bridgehead atoms. The van der Waals surface area contributed by atoms with Crippen LogP contribution in [0.1, 0.15) is 51.9 Å². The summed E-state index contributed by atoms with van der Waals surface area (Å²) < 4.78 is 0. The van der Waals surface area contributed by atoms with Crippen LogP contribution in [-0.2, 0) is 4.79 Å². The Labute approximate surface area is 93.0 Å². The van der Waals surface area contributed by atoms with E-state index in [2.05, 4.69) is 17.6 Å². The minimum atomic E-state index is 0.0740. The van der Waals surface area contributed by atoms with Crippen LogP contribution in [0.2, 0.25) is 0 Å². The van der Waals surface area contributed by atoms with Crippen molar-refractivity contribution in [1.29, 1.82) is 0 Å². The largest absolute Gasteiger partial charge is 0.355 e. The number of nitrogens with one attached hydrogen (secondary N) is 2. The summed E-state index contributed by atoms with van der Waals surface area (Å²) in [5.74, 6) is 0.190. The fourth-order valence-corrected chi connectivity index (χ4v) is 1.97. The summed E-state index contributed by atoms with van der Waals surface area (Å²) in [5.41, 5.74) is 0. The zero-order valence-corrected chi connectivity index (χ0v) is 9.85. The molecule has 0 aliphatic carbocycles. The van der Waals surface area contributed by atoms with Gasteiger partial charge >= 0.3 is 0 Å². The highest BCUT2D eigenvalue weighted by molar-refractivity contribution is 5.82. The number of carbonyl (C=O) groups excluding carboxylic acids is 1. The smallest absolute Gasteiger partial charge is 0.237 e. The molecule has 0 spiro atoms. The number of amides is 1. The summed E-state index contributed by atoms with van der Waals surface area (Å²) in [6.07, 6.45) is 8.55. The quantitative estimate of drug-likeness (QED) is 0.632. The Kier molecular flexibility index (Phi) is 6.41. The van der Waals surface area contributed by atoms with Crippen molar-refractivity contribution in [2.45, 2.75) is 57.9 Å². The van der Waals surface area contributed by atoms with Gasteiger partial charge in [-0.1, -0.05) is 32.6 Å². The van der Waals surface area contributed by atoms with E-state index in [-0.39, 0.29) is 11.9 Å². The van der Waals surface area contributed by atoms with Gasteiger partial charge in [-0.2, -0.15) is 0 Å². The van der Waals surface area contributed by atoms with Crippen molar-refractivity contribution >= 4 is 5.91 Å². The van der Waals surface area contributed by atoms with Crippen LogP contribution in [0, 0.1) is 0 Å². The Morgan fingerprint density at radius 3 is 2.87 bits per heavy atom. The molecule has 1 rings (SSSR count). The Morgan fingerprint density at radius 1 is 1.33 bits per heavy atom. The van der Waals surface area contributed by atoms with Crippen LogP contribution in [-0.4, -0.2) is 25.0 Å². The normalized spacial score (nSPS) is 21.4. The van der Waals surface area contributed by atoms with Crippen molar-refractivity contribution in [2.24, 2.45) is 0 Å². The van der Waals surface area contributed by atoms with Gasteiger partial charge in [-0.15, -0.1) is 0 Å². The first-order chi connectivity index (χ1) is 7.34. The van der Waals surface area contributed by atoms with Crippen LogP contribution in [0.3, 0.4) is 0 Å². The van der Waals surface area contributed by atoms with E-state index >= 15 is 0 Å². The molecule has 1 aliphatic heterocycles. The molecule has 2 N–H and O–H groups in total. The lowest BCUT2D eigenvalue weighted by atomic mass is 10.1. The number of hydrogen-bond acceptors (Lipinski definition) is 2. The minimum Gasteiger partial charge on any atom is -0.355 e. The van der Waals surface area contributed by atoms with Crippen LogP contribution < -0.4 is 10.6 Å². The lowest BCUT2D eigenvalue weighted by Gasteiger charge is -2.22. The molecule has 0 aromatic carbocycles. The van der Waals surface area contributed by atoms with Crippen molar-refractivity contribution in [1.82, 2.24) is 10.6 Å². The van der Waals surface area contributed by atoms with E-state index in [0.29, 0.717) is 0 Å². The van der Waals surface area contributed by atoms with Crippen LogP contribution in [0.15, 0.2) is 0 Å². The first kappa shape index (κ1) is 12.5. The first-order valence-corrected chi connectivity index (χ1v) is 6.35. The van der Waals surface area contributed by atoms with Crippen molar-refractivity contribution in [2.75, 3.05) is 13.1 Å². The third-order valence-electron chi connectivity index (χ3n) is 2.96. The lowest BCUT2D eigenvalue weighted by Crippen LogP contribution is -2.48. The SMILES string of the molecule is CCCCCCCNC1CCCNC1=O. The van der Waals surface area contributed by atoms with Gasteiger partial charge < -0.3 is 10.6 Å². The second-order valence-electron chi connectivity index (χ2n) is 4.35. The Morgan fingerprint density at radius 2 is 2.13 bits per heavy atom. The standard InChI is InChI=1S/C12H24N2O/c1-2-3-4-5-6-9-13-11-8-7-10-14-12(11)15/h11,13H,2-10H2,1H3,(H,14,15). The summed E-state index contributed by atoms with van der Waals surface area (Å²) in [6.45, 7) is 4.07. The Hall–Kier alpha value is -0.570. The van der Waals surface area contributed by atoms with Crippen molar-refractivity contribution < 1.29 is 4.79 Å². The van der Waals surface area contributed by atoms with Gasteiger partial charge in [0.25, 0.3) is 0 Å². The molecule has 3 nitrogen and oxygen atoms in total. The summed E-state index contributed by atoms with van der Waals surface area (Å²) in [4.78, 5) is 11.4. The van der Waals surface area contributed by atoms with Crippen molar-refractivity contribution in [3.05, 3.63) is 0 Å². The van der Waals surface area contributed by atoms with Gasteiger partial charge in [-0.25, -0.2) is 0 Å². The van der Waals surface area contributed by atoms with E-state index in [1.54, 1.807) is 0 Å². The van der Waals surface area contributed by atoms with Gasteiger partial charge in [-0.3, -0.25) is 4.79 Å². The van der Waals surface area contributed by atoms with Crippen LogP contribution in [0.5, 0.6) is 0 Å². The maximum absolute atomic E-state index is 11.4. The molecular weight excluding hydrogens is 188 g/mol. The molecule has 1 atom stereocenters. The Balaban J connectivity index is 1.96. The van der Waals surface area contributed by atoms with Gasteiger partial charge in [0.05, 0.1) is 6.04 Å². The molecule has 1 unspecified atom stereocenters. The number of hydrogen-bond donors (Lipinski definition) is 2. The summed E-state index contributed by atoms with van der Waals surface area (Å²) in [5, 5.41) is 6.23. The summed E-state index contributed by atoms with van der Waals surface area (Å²) in [6, 6.07) is 0.0740. The number of rotatable bonds is 7. The zero-order chi connectivity index (χ0) is 10.9. The molecule has 15 heavy (non-hydrogen) atoms. The average Bonchev–Trinajstić information content (AvgIpc) is 2.25. The molecule has 1 heterocycles. The number of piperidine rings is 1. The molecule has 0 saturated carbocycles. The molecule has 1 amide bonds. The minimum absolute atomic E-state index is 0.0740. The van der Waals surface area contributed by atoms with Gasteiger partial charge in [0.2, 0.25) is 5.91 Å². The molecule has 0 aromatic heterocycles. The predicted molar refractivity (Wildman–Crippen MR) is 62.8 cm³/mol. The zero-order valence-electron chi connectivity index (χ0n) is 9.85. The fraction of sp³-hybridized carbons (Fsp3) is 0.917. The summed E-state index contributed by atoms with van der Waals surface area (Å²) >= 11 is 0. The third-order valence-corrected chi connectivity index (χ3v) is 2.96. The van der Waals surface area contributed by atoms with Gasteiger partial charge in [0.1, 0.15) is 0 Å². The monoisotopic (exact) mass is 212 g/mol. The molecule has 1 aliphatic rings. The maximum atomic E-state index is 11.4. The highest BCUT2D eigenvalue weighted by atomic mass is 16.2. The van der Waals surface area contributed by atoms with Crippen molar-refractivity contribution in [3.63, 3.8) is 0 Å². The van der Waals surface area contributed by atoms with Gasteiger partial charge in [0, 0.05) is 6.54 Å². The second kappa shape index (κ2) is 7.69.